The van der Waals surface area contributed by atoms with E-state index in [4.69, 9.17) is 21.4 Å². The molecule has 0 bridgehead atoms. The van der Waals surface area contributed by atoms with Crippen LogP contribution in [0.2, 0.25) is 5.02 Å². The molecular formula is C36H46ClN3O6. The van der Waals surface area contributed by atoms with Crippen molar-refractivity contribution in [3.63, 3.8) is 0 Å². The highest BCUT2D eigenvalue weighted by Gasteiger charge is 2.46. The molecule has 1 amide bonds. The molecule has 46 heavy (non-hydrogen) atoms. The Hall–Kier alpha value is -3.05. The van der Waals surface area contributed by atoms with Crippen LogP contribution in [0.25, 0.3) is 11.1 Å². The summed E-state index contributed by atoms with van der Waals surface area (Å²) in [4.78, 5) is 16.6. The number of unbranched alkanes of at least 4 members (excludes halogenated alkanes) is 1. The Bertz CT molecular complexity index is 1460. The quantitative estimate of drug-likeness (QED) is 0.110. The number of pyridine rings is 1. The van der Waals surface area contributed by atoms with E-state index in [1.54, 1.807) is 0 Å². The number of hydrogen-bond acceptors (Lipinski definition) is 8. The molecule has 3 unspecified atom stereocenters. The van der Waals surface area contributed by atoms with E-state index in [0.717, 1.165) is 72.4 Å². The minimum absolute atomic E-state index is 0.168. The van der Waals surface area contributed by atoms with E-state index in [9.17, 15) is 20.1 Å². The Morgan fingerprint density at radius 1 is 1.07 bits per heavy atom. The van der Waals surface area contributed by atoms with Gasteiger partial charge in [0.15, 0.2) is 0 Å². The molecule has 248 valence electrons. The van der Waals surface area contributed by atoms with Crippen molar-refractivity contribution in [3.8, 4) is 16.9 Å². The van der Waals surface area contributed by atoms with Crippen molar-refractivity contribution in [2.75, 3.05) is 13.2 Å². The molecule has 0 radical (unpaired) electrons. The summed E-state index contributed by atoms with van der Waals surface area (Å²) in [6.07, 6.45) is 6.14. The molecule has 10 heteroatoms. The van der Waals surface area contributed by atoms with E-state index in [1.807, 2.05) is 24.5 Å². The summed E-state index contributed by atoms with van der Waals surface area (Å²) >= 11 is 6.69. The third-order valence-corrected chi connectivity index (χ3v) is 9.46. The predicted molar refractivity (Wildman–Crippen MR) is 178 cm³/mol. The number of ether oxygens (including phenoxy) is 1. The second kappa shape index (κ2) is 15.7. The van der Waals surface area contributed by atoms with Crippen LogP contribution in [0, 0.1) is 0 Å². The second-order valence-electron chi connectivity index (χ2n) is 12.8. The zero-order valence-electron chi connectivity index (χ0n) is 26.4. The van der Waals surface area contributed by atoms with Crippen LogP contribution in [0.15, 0.2) is 60.9 Å². The molecule has 2 saturated carbocycles. The Kier molecular flexibility index (Phi) is 11.7. The number of carbonyl (C=O) groups is 1. The molecular weight excluding hydrogens is 606 g/mol. The molecule has 0 saturated heterocycles. The van der Waals surface area contributed by atoms with Gasteiger partial charge in [-0.05, 0) is 84.9 Å². The first-order valence-corrected chi connectivity index (χ1v) is 16.7. The molecule has 4 atom stereocenters. The lowest BCUT2D eigenvalue weighted by molar-refractivity contribution is -0.128. The molecule has 9 nitrogen and oxygen atoms in total. The number of benzene rings is 2. The van der Waals surface area contributed by atoms with Crippen molar-refractivity contribution in [2.24, 2.45) is 0 Å². The van der Waals surface area contributed by atoms with Gasteiger partial charge in [-0.15, -0.1) is 0 Å². The van der Waals surface area contributed by atoms with Crippen molar-refractivity contribution in [2.45, 2.75) is 101 Å². The normalized spacial score (nSPS) is 18.0. The lowest BCUT2D eigenvalue weighted by Crippen LogP contribution is -2.42. The molecule has 2 fully saturated rings. The summed E-state index contributed by atoms with van der Waals surface area (Å²) in [5.74, 6) is 0.808. The predicted octanol–water partition coefficient (Wildman–Crippen LogP) is 4.58. The van der Waals surface area contributed by atoms with E-state index in [1.165, 1.54) is 11.1 Å². The van der Waals surface area contributed by atoms with E-state index >= 15 is 0 Å². The van der Waals surface area contributed by atoms with E-state index < -0.39 is 30.8 Å². The molecule has 0 aliphatic heterocycles. The van der Waals surface area contributed by atoms with Crippen LogP contribution >= 0.6 is 11.6 Å². The monoisotopic (exact) mass is 651 g/mol. The molecule has 2 aliphatic carbocycles. The van der Waals surface area contributed by atoms with Crippen LogP contribution in [0.4, 0.5) is 0 Å². The number of carbonyl (C=O) groups excluding carboxylic acids is 1. The van der Waals surface area contributed by atoms with E-state index in [0.29, 0.717) is 25.1 Å². The standard InChI is InChI=1S/C36H46ClN3O6/c1-23(6-4-5-16-39-34(44)19-31(42)35(45)32(43)22-41)24-9-12-30(37)25(18-24)20-40-36(14-15-36)29-21-38-17-13-27(29)28-7-2-3-8-33(28)46-26-10-11-26/h2-3,7-9,12-13,17-18,21,23,26,31-32,35,40-43,45H,4-6,10-11,14-16,19-20,22H2,1H3,(H,39,44)/t23?,31?,32-,35?/m0/s1. The maximum absolute atomic E-state index is 12.1. The third-order valence-electron chi connectivity index (χ3n) is 9.09. The van der Waals surface area contributed by atoms with Gasteiger partial charge in [-0.1, -0.05) is 55.3 Å². The molecule has 1 heterocycles. The number of halogens is 1. The molecule has 2 aromatic carbocycles. The van der Waals surface area contributed by atoms with Crippen LogP contribution in [-0.4, -0.2) is 68.9 Å². The first-order chi connectivity index (χ1) is 22.2. The summed E-state index contributed by atoms with van der Waals surface area (Å²) in [6, 6.07) is 16.6. The van der Waals surface area contributed by atoms with E-state index in [-0.39, 0.29) is 12.0 Å². The Labute approximate surface area is 276 Å². The lowest BCUT2D eigenvalue weighted by atomic mass is 9.93. The second-order valence-corrected chi connectivity index (χ2v) is 13.2. The van der Waals surface area contributed by atoms with Gasteiger partial charge in [0, 0.05) is 41.6 Å². The number of aliphatic hydroxyl groups excluding tert-OH is 4. The summed E-state index contributed by atoms with van der Waals surface area (Å²) in [6.45, 7) is 2.58. The highest BCUT2D eigenvalue weighted by atomic mass is 35.5. The van der Waals surface area contributed by atoms with Crippen LogP contribution in [0.5, 0.6) is 5.75 Å². The Balaban J connectivity index is 1.14. The summed E-state index contributed by atoms with van der Waals surface area (Å²) in [5.41, 5.74) is 5.53. The first-order valence-electron chi connectivity index (χ1n) is 16.4. The maximum Gasteiger partial charge on any atom is 0.222 e. The zero-order chi connectivity index (χ0) is 32.7. The van der Waals surface area contributed by atoms with Crippen LogP contribution in [0.1, 0.15) is 80.9 Å². The van der Waals surface area contributed by atoms with Gasteiger partial charge in [-0.25, -0.2) is 0 Å². The number of aromatic nitrogens is 1. The lowest BCUT2D eigenvalue weighted by Gasteiger charge is -2.23. The maximum atomic E-state index is 12.1. The largest absolute Gasteiger partial charge is 0.490 e. The Morgan fingerprint density at radius 3 is 2.59 bits per heavy atom. The number of amides is 1. The third kappa shape index (κ3) is 8.85. The van der Waals surface area contributed by atoms with E-state index in [2.05, 4.69) is 58.9 Å². The molecule has 5 rings (SSSR count). The van der Waals surface area contributed by atoms with Gasteiger partial charge < -0.3 is 35.8 Å². The van der Waals surface area contributed by atoms with Gasteiger partial charge in [0.2, 0.25) is 5.91 Å². The smallest absolute Gasteiger partial charge is 0.222 e. The fourth-order valence-corrected chi connectivity index (χ4v) is 6.04. The fourth-order valence-electron chi connectivity index (χ4n) is 5.85. The highest BCUT2D eigenvalue weighted by molar-refractivity contribution is 6.31. The average molecular weight is 652 g/mol. The average Bonchev–Trinajstić information content (AvgIpc) is 4.01. The van der Waals surface area contributed by atoms with Crippen molar-refractivity contribution in [1.29, 1.82) is 0 Å². The van der Waals surface area contributed by atoms with Crippen LogP contribution in [0.3, 0.4) is 0 Å². The topological polar surface area (TPSA) is 144 Å². The van der Waals surface area contributed by atoms with Crippen LogP contribution in [-0.2, 0) is 16.9 Å². The zero-order valence-corrected chi connectivity index (χ0v) is 27.1. The molecule has 3 aromatic rings. The van der Waals surface area contributed by atoms with Gasteiger partial charge in [0.25, 0.3) is 0 Å². The molecule has 0 spiro atoms. The van der Waals surface area contributed by atoms with Crippen LogP contribution < -0.4 is 15.4 Å². The molecule has 2 aliphatic rings. The van der Waals surface area contributed by atoms with Crippen molar-refractivity contribution in [3.05, 3.63) is 82.6 Å². The number of nitrogens with zero attached hydrogens (tertiary/aromatic N) is 1. The van der Waals surface area contributed by atoms with Crippen molar-refractivity contribution >= 4 is 17.5 Å². The molecule has 6 N–H and O–H groups in total. The summed E-state index contributed by atoms with van der Waals surface area (Å²) in [7, 11) is 0. The number of para-hydroxylation sites is 1. The minimum atomic E-state index is -1.58. The summed E-state index contributed by atoms with van der Waals surface area (Å²) in [5, 5.41) is 45.2. The van der Waals surface area contributed by atoms with Gasteiger partial charge in [0.05, 0.1) is 25.2 Å². The van der Waals surface area contributed by atoms with Gasteiger partial charge in [-0.3, -0.25) is 9.78 Å². The first kappa shape index (κ1) is 34.3. The number of aliphatic hydroxyl groups is 4. The number of hydrogen-bond donors (Lipinski definition) is 6. The minimum Gasteiger partial charge on any atom is -0.490 e. The summed E-state index contributed by atoms with van der Waals surface area (Å²) < 4.78 is 6.25. The highest BCUT2D eigenvalue weighted by Crippen LogP contribution is 2.50. The Morgan fingerprint density at radius 2 is 1.85 bits per heavy atom. The van der Waals surface area contributed by atoms with Gasteiger partial charge in [-0.2, -0.15) is 0 Å². The SMILES string of the molecule is CC(CCCCNC(=O)CC(O)C(O)[C@@H](O)CO)c1ccc(Cl)c(CNC2(c3cnccc3-c3ccccc3OC3CC3)CC2)c1. The molecule has 1 aromatic heterocycles. The van der Waals surface area contributed by atoms with Crippen molar-refractivity contribution in [1.82, 2.24) is 15.6 Å². The number of rotatable bonds is 18. The number of nitrogens with one attached hydrogen (secondary N) is 2. The fraction of sp³-hybridized carbons (Fsp3) is 0.500. The van der Waals surface area contributed by atoms with Gasteiger partial charge >= 0.3 is 0 Å². The van der Waals surface area contributed by atoms with Gasteiger partial charge in [0.1, 0.15) is 18.0 Å². The van der Waals surface area contributed by atoms with Crippen molar-refractivity contribution < 1.29 is 30.0 Å².